The van der Waals surface area contributed by atoms with Crippen LogP contribution in [0, 0.1) is 5.92 Å². The maximum Gasteiger partial charge on any atom is 0.308 e. The Hall–Kier alpha value is -0.0900. The molecule has 3 N–H and O–H groups in total. The fourth-order valence-corrected chi connectivity index (χ4v) is 1.47. The molecular formula is C7H14BrNO2. The summed E-state index contributed by atoms with van der Waals surface area (Å²) in [6.45, 7) is 0. The van der Waals surface area contributed by atoms with Gasteiger partial charge in [-0.05, 0) is 12.8 Å². The van der Waals surface area contributed by atoms with E-state index in [0.29, 0.717) is 0 Å². The van der Waals surface area contributed by atoms with Gasteiger partial charge in [-0.25, -0.2) is 0 Å². The Morgan fingerprint density at radius 3 is 2.27 bits per heavy atom. The molecule has 0 aromatic carbocycles. The topological polar surface area (TPSA) is 63.3 Å². The highest BCUT2D eigenvalue weighted by Crippen LogP contribution is 2.22. The molecule has 1 fully saturated rings. The van der Waals surface area contributed by atoms with E-state index in [-0.39, 0.29) is 28.9 Å². The maximum atomic E-state index is 10.5. The summed E-state index contributed by atoms with van der Waals surface area (Å²) in [5.74, 6) is -1.01. The first kappa shape index (κ1) is 10.9. The zero-order chi connectivity index (χ0) is 7.56. The van der Waals surface area contributed by atoms with E-state index in [0.717, 1.165) is 25.7 Å². The summed E-state index contributed by atoms with van der Waals surface area (Å²) < 4.78 is 0. The van der Waals surface area contributed by atoms with Gasteiger partial charge in [0, 0.05) is 6.04 Å². The molecule has 0 aromatic heterocycles. The minimum Gasteiger partial charge on any atom is -0.481 e. The number of aliphatic carboxylic acids is 1. The molecule has 0 aromatic rings. The first-order valence-electron chi connectivity index (χ1n) is 3.70. The lowest BCUT2D eigenvalue weighted by Crippen LogP contribution is -2.37. The van der Waals surface area contributed by atoms with E-state index < -0.39 is 5.97 Å². The Bertz CT molecular complexity index is 140. The normalized spacial score (nSPS) is 30.6. The Balaban J connectivity index is 0.000001000. The summed E-state index contributed by atoms with van der Waals surface area (Å²) in [5.41, 5.74) is 5.60. The molecule has 0 spiro atoms. The maximum absolute atomic E-state index is 10.5. The van der Waals surface area contributed by atoms with Gasteiger partial charge in [-0.2, -0.15) is 0 Å². The molecule has 0 unspecified atom stereocenters. The van der Waals surface area contributed by atoms with Crippen molar-refractivity contribution in [2.45, 2.75) is 31.7 Å². The zero-order valence-electron chi connectivity index (χ0n) is 6.32. The highest BCUT2D eigenvalue weighted by molar-refractivity contribution is 8.93. The van der Waals surface area contributed by atoms with Crippen LogP contribution in [0.3, 0.4) is 0 Å². The summed E-state index contributed by atoms with van der Waals surface area (Å²) in [7, 11) is 0. The van der Waals surface area contributed by atoms with Crippen LogP contribution in [0.1, 0.15) is 25.7 Å². The van der Waals surface area contributed by atoms with Crippen molar-refractivity contribution in [2.75, 3.05) is 0 Å². The van der Waals surface area contributed by atoms with Gasteiger partial charge in [-0.15, -0.1) is 17.0 Å². The van der Waals surface area contributed by atoms with Crippen molar-refractivity contribution >= 4 is 23.0 Å². The molecule has 11 heavy (non-hydrogen) atoms. The van der Waals surface area contributed by atoms with E-state index in [4.69, 9.17) is 10.8 Å². The summed E-state index contributed by atoms with van der Waals surface area (Å²) in [6.07, 6.45) is 3.74. The van der Waals surface area contributed by atoms with Gasteiger partial charge in [-0.3, -0.25) is 4.79 Å². The lowest BCUT2D eigenvalue weighted by atomic mass is 9.85. The molecule has 1 aliphatic rings. The summed E-state index contributed by atoms with van der Waals surface area (Å²) >= 11 is 0. The second kappa shape index (κ2) is 4.72. The predicted molar refractivity (Wildman–Crippen MR) is 47.9 cm³/mol. The first-order valence-corrected chi connectivity index (χ1v) is 3.70. The summed E-state index contributed by atoms with van der Waals surface area (Å²) in [6, 6.07) is -0.105. The van der Waals surface area contributed by atoms with Gasteiger partial charge in [0.05, 0.1) is 5.92 Å². The molecule has 2 atom stereocenters. The fourth-order valence-electron chi connectivity index (χ4n) is 1.47. The zero-order valence-corrected chi connectivity index (χ0v) is 8.04. The quantitative estimate of drug-likeness (QED) is 0.702. The average Bonchev–Trinajstić information content (AvgIpc) is 1.88. The lowest BCUT2D eigenvalue weighted by Gasteiger charge is -2.24. The van der Waals surface area contributed by atoms with Gasteiger partial charge in [-0.1, -0.05) is 12.8 Å². The number of nitrogens with two attached hydrogens (primary N) is 1. The van der Waals surface area contributed by atoms with Crippen molar-refractivity contribution in [3.63, 3.8) is 0 Å². The van der Waals surface area contributed by atoms with Crippen LogP contribution in [-0.2, 0) is 4.79 Å². The Morgan fingerprint density at radius 1 is 1.36 bits per heavy atom. The highest BCUT2D eigenvalue weighted by Gasteiger charge is 2.27. The minimum absolute atomic E-state index is 0. The van der Waals surface area contributed by atoms with E-state index in [1.54, 1.807) is 0 Å². The molecule has 0 bridgehead atoms. The number of carboxylic acids is 1. The molecule has 1 aliphatic carbocycles. The first-order chi connectivity index (χ1) is 4.72. The van der Waals surface area contributed by atoms with Gasteiger partial charge in [0.2, 0.25) is 0 Å². The molecule has 66 valence electrons. The number of carbonyl (C=O) groups is 1. The number of hydrogen-bond acceptors (Lipinski definition) is 2. The Labute approximate surface area is 76.7 Å². The second-order valence-electron chi connectivity index (χ2n) is 2.89. The van der Waals surface area contributed by atoms with Gasteiger partial charge in [0.25, 0.3) is 0 Å². The Kier molecular flexibility index (Phi) is 4.68. The van der Waals surface area contributed by atoms with Gasteiger partial charge < -0.3 is 10.8 Å². The molecule has 0 amide bonds. The number of carboxylic acid groups (broad SMARTS) is 1. The third-order valence-electron chi connectivity index (χ3n) is 2.14. The van der Waals surface area contributed by atoms with E-state index in [1.807, 2.05) is 0 Å². The van der Waals surface area contributed by atoms with Crippen molar-refractivity contribution in [1.29, 1.82) is 0 Å². The van der Waals surface area contributed by atoms with Gasteiger partial charge >= 0.3 is 5.97 Å². The van der Waals surface area contributed by atoms with Crippen LogP contribution in [-0.4, -0.2) is 17.1 Å². The monoisotopic (exact) mass is 223 g/mol. The second-order valence-corrected chi connectivity index (χ2v) is 2.89. The van der Waals surface area contributed by atoms with E-state index >= 15 is 0 Å². The Morgan fingerprint density at radius 2 is 1.91 bits per heavy atom. The minimum atomic E-state index is -0.729. The lowest BCUT2D eigenvalue weighted by molar-refractivity contribution is -0.143. The van der Waals surface area contributed by atoms with E-state index in [2.05, 4.69) is 0 Å². The molecule has 0 heterocycles. The van der Waals surface area contributed by atoms with Crippen molar-refractivity contribution < 1.29 is 9.90 Å². The van der Waals surface area contributed by atoms with E-state index in [9.17, 15) is 4.79 Å². The largest absolute Gasteiger partial charge is 0.481 e. The molecule has 0 saturated heterocycles. The number of halogens is 1. The van der Waals surface area contributed by atoms with Crippen LogP contribution in [0.2, 0.25) is 0 Å². The van der Waals surface area contributed by atoms with Crippen LogP contribution in [0.5, 0.6) is 0 Å². The summed E-state index contributed by atoms with van der Waals surface area (Å²) in [4.78, 5) is 10.5. The number of hydrogen-bond donors (Lipinski definition) is 2. The fraction of sp³-hybridized carbons (Fsp3) is 0.857. The predicted octanol–water partition coefficient (Wildman–Crippen LogP) is 1.17. The molecule has 4 heteroatoms. The van der Waals surface area contributed by atoms with Crippen molar-refractivity contribution in [1.82, 2.24) is 0 Å². The van der Waals surface area contributed by atoms with Crippen LogP contribution < -0.4 is 5.73 Å². The van der Waals surface area contributed by atoms with Crippen LogP contribution in [0.15, 0.2) is 0 Å². The molecular weight excluding hydrogens is 210 g/mol. The van der Waals surface area contributed by atoms with Crippen LogP contribution in [0.4, 0.5) is 0 Å². The molecule has 1 rings (SSSR count). The SMILES string of the molecule is Br.N[C@H]1CCCC[C@H]1C(=O)O. The average molecular weight is 224 g/mol. The third-order valence-corrected chi connectivity index (χ3v) is 2.14. The highest BCUT2D eigenvalue weighted by atomic mass is 79.9. The molecule has 1 saturated carbocycles. The van der Waals surface area contributed by atoms with Crippen LogP contribution in [0.25, 0.3) is 0 Å². The van der Waals surface area contributed by atoms with Crippen molar-refractivity contribution in [3.8, 4) is 0 Å². The molecule has 0 aliphatic heterocycles. The third kappa shape index (κ3) is 2.79. The van der Waals surface area contributed by atoms with Crippen molar-refractivity contribution in [3.05, 3.63) is 0 Å². The van der Waals surface area contributed by atoms with Crippen molar-refractivity contribution in [2.24, 2.45) is 11.7 Å². The van der Waals surface area contributed by atoms with Gasteiger partial charge in [0.1, 0.15) is 0 Å². The van der Waals surface area contributed by atoms with Gasteiger partial charge in [0.15, 0.2) is 0 Å². The van der Waals surface area contributed by atoms with Crippen LogP contribution >= 0.6 is 17.0 Å². The summed E-state index contributed by atoms with van der Waals surface area (Å²) in [5, 5.41) is 8.63. The smallest absolute Gasteiger partial charge is 0.308 e. The van der Waals surface area contributed by atoms with E-state index in [1.165, 1.54) is 0 Å². The number of rotatable bonds is 1. The standard InChI is InChI=1S/C7H13NO2.BrH/c8-6-4-2-1-3-5(6)7(9)10;/h5-6H,1-4,8H2,(H,9,10);1H/t5-,6+;/m1./s1. The molecule has 3 nitrogen and oxygen atoms in total. The molecule has 0 radical (unpaired) electrons.